The van der Waals surface area contributed by atoms with Gasteiger partial charge in [0, 0.05) is 36.6 Å². The summed E-state index contributed by atoms with van der Waals surface area (Å²) in [6.07, 6.45) is 4.77. The average Bonchev–Trinajstić information content (AvgIpc) is 3.28. The lowest BCUT2D eigenvalue weighted by Crippen LogP contribution is -2.61. The van der Waals surface area contributed by atoms with E-state index in [1.807, 2.05) is 55.1 Å². The summed E-state index contributed by atoms with van der Waals surface area (Å²) in [5, 5.41) is 7.25. The van der Waals surface area contributed by atoms with E-state index in [4.69, 9.17) is 4.52 Å². The standard InChI is InChI=1S/C23H29N3O3/c1-16(2)24-22(28)23(12-7-13-26(23)21(27)18-10-6-11-18)15-19-14-20(25-29-19)17-8-4-3-5-9-17/h3-5,8-9,14,16,18H,6-7,10-13,15H2,1-2H3,(H,24,28)/t23-/m0/s1. The Morgan fingerprint density at radius 1 is 1.24 bits per heavy atom. The van der Waals surface area contributed by atoms with E-state index in [9.17, 15) is 9.59 Å². The van der Waals surface area contributed by atoms with E-state index in [0.29, 0.717) is 25.1 Å². The summed E-state index contributed by atoms with van der Waals surface area (Å²) in [5.74, 6) is 0.732. The van der Waals surface area contributed by atoms with Crippen LogP contribution in [-0.4, -0.2) is 40.0 Å². The second kappa shape index (κ2) is 8.01. The van der Waals surface area contributed by atoms with Gasteiger partial charge in [-0.1, -0.05) is 41.9 Å². The summed E-state index contributed by atoms with van der Waals surface area (Å²) in [4.78, 5) is 28.3. The first-order valence-electron chi connectivity index (χ1n) is 10.6. The van der Waals surface area contributed by atoms with E-state index in [0.717, 1.165) is 36.9 Å². The number of nitrogens with zero attached hydrogens (tertiary/aromatic N) is 2. The van der Waals surface area contributed by atoms with Crippen LogP contribution in [0.25, 0.3) is 11.3 Å². The lowest BCUT2D eigenvalue weighted by Gasteiger charge is -2.40. The molecule has 1 aliphatic heterocycles. The van der Waals surface area contributed by atoms with Crippen LogP contribution in [-0.2, 0) is 16.0 Å². The van der Waals surface area contributed by atoms with E-state index in [-0.39, 0.29) is 23.8 Å². The molecule has 6 nitrogen and oxygen atoms in total. The number of likely N-dealkylation sites (tertiary alicyclic amines) is 1. The number of hydrogen-bond acceptors (Lipinski definition) is 4. The highest BCUT2D eigenvalue weighted by molar-refractivity contribution is 5.93. The van der Waals surface area contributed by atoms with Gasteiger partial charge in [-0.15, -0.1) is 0 Å². The molecule has 154 valence electrons. The topological polar surface area (TPSA) is 75.4 Å². The maximum absolute atomic E-state index is 13.3. The average molecular weight is 396 g/mol. The van der Waals surface area contributed by atoms with Gasteiger partial charge < -0.3 is 14.7 Å². The summed E-state index contributed by atoms with van der Waals surface area (Å²) in [6.45, 7) is 4.52. The molecule has 1 N–H and O–H groups in total. The molecule has 2 aliphatic rings. The number of benzene rings is 1. The predicted molar refractivity (Wildman–Crippen MR) is 110 cm³/mol. The molecule has 0 spiro atoms. The Hall–Kier alpha value is -2.63. The van der Waals surface area contributed by atoms with Gasteiger partial charge >= 0.3 is 0 Å². The Morgan fingerprint density at radius 3 is 2.66 bits per heavy atom. The fourth-order valence-corrected chi connectivity index (χ4v) is 4.40. The van der Waals surface area contributed by atoms with Gasteiger partial charge in [0.25, 0.3) is 0 Å². The Bertz CT molecular complexity index is 873. The first-order valence-corrected chi connectivity index (χ1v) is 10.6. The third-order valence-corrected chi connectivity index (χ3v) is 6.15. The van der Waals surface area contributed by atoms with Crippen LogP contribution in [0, 0.1) is 5.92 Å². The molecule has 29 heavy (non-hydrogen) atoms. The van der Waals surface area contributed by atoms with Crippen LogP contribution in [0.1, 0.15) is 51.7 Å². The van der Waals surface area contributed by atoms with Crippen LogP contribution in [0.5, 0.6) is 0 Å². The smallest absolute Gasteiger partial charge is 0.246 e. The van der Waals surface area contributed by atoms with Crippen LogP contribution < -0.4 is 5.32 Å². The van der Waals surface area contributed by atoms with Gasteiger partial charge in [-0.25, -0.2) is 0 Å². The number of carbonyl (C=O) groups excluding carboxylic acids is 2. The molecule has 1 saturated heterocycles. The third kappa shape index (κ3) is 3.80. The van der Waals surface area contributed by atoms with Crippen molar-refractivity contribution in [2.75, 3.05) is 6.54 Å². The molecular weight excluding hydrogens is 366 g/mol. The quantitative estimate of drug-likeness (QED) is 0.811. The minimum absolute atomic E-state index is 0.00948. The molecule has 2 amide bonds. The van der Waals surface area contributed by atoms with Gasteiger partial charge in [0.15, 0.2) is 0 Å². The van der Waals surface area contributed by atoms with E-state index in [1.165, 1.54) is 0 Å². The summed E-state index contributed by atoms with van der Waals surface area (Å²) < 4.78 is 5.62. The number of hydrogen-bond donors (Lipinski definition) is 1. The van der Waals surface area contributed by atoms with Crippen molar-refractivity contribution in [3.63, 3.8) is 0 Å². The fraction of sp³-hybridized carbons (Fsp3) is 0.522. The van der Waals surface area contributed by atoms with Crippen LogP contribution >= 0.6 is 0 Å². The van der Waals surface area contributed by atoms with Crippen molar-refractivity contribution >= 4 is 11.8 Å². The first kappa shape index (κ1) is 19.7. The van der Waals surface area contributed by atoms with E-state index in [2.05, 4.69) is 10.5 Å². The van der Waals surface area contributed by atoms with Crippen LogP contribution in [0.3, 0.4) is 0 Å². The number of nitrogens with one attached hydrogen (secondary N) is 1. The molecule has 1 saturated carbocycles. The minimum atomic E-state index is -0.898. The van der Waals surface area contributed by atoms with Crippen LogP contribution in [0.15, 0.2) is 40.9 Å². The van der Waals surface area contributed by atoms with E-state index in [1.54, 1.807) is 0 Å². The molecule has 1 atom stereocenters. The zero-order chi connectivity index (χ0) is 20.4. The maximum Gasteiger partial charge on any atom is 0.246 e. The zero-order valence-electron chi connectivity index (χ0n) is 17.2. The van der Waals surface area contributed by atoms with Gasteiger partial charge in [0.05, 0.1) is 0 Å². The molecule has 0 unspecified atom stereocenters. The van der Waals surface area contributed by atoms with Gasteiger partial charge in [0.1, 0.15) is 17.0 Å². The van der Waals surface area contributed by atoms with Crippen molar-refractivity contribution < 1.29 is 14.1 Å². The Labute approximate surface area is 171 Å². The first-order chi connectivity index (χ1) is 14.0. The number of carbonyl (C=O) groups is 2. The Morgan fingerprint density at radius 2 is 2.00 bits per heavy atom. The van der Waals surface area contributed by atoms with Gasteiger partial charge in [0.2, 0.25) is 11.8 Å². The van der Waals surface area contributed by atoms with Gasteiger partial charge in [-0.05, 0) is 39.5 Å². The largest absolute Gasteiger partial charge is 0.361 e. The van der Waals surface area contributed by atoms with Gasteiger partial charge in [-0.2, -0.15) is 0 Å². The Balaban J connectivity index is 1.63. The summed E-state index contributed by atoms with van der Waals surface area (Å²) >= 11 is 0. The molecule has 1 aromatic heterocycles. The minimum Gasteiger partial charge on any atom is -0.361 e. The second-order valence-electron chi connectivity index (χ2n) is 8.60. The normalized spacial score (nSPS) is 22.0. The zero-order valence-corrected chi connectivity index (χ0v) is 17.2. The molecule has 4 rings (SSSR count). The summed E-state index contributed by atoms with van der Waals surface area (Å²) in [5.41, 5.74) is 0.816. The molecule has 6 heteroatoms. The van der Waals surface area contributed by atoms with E-state index >= 15 is 0 Å². The lowest BCUT2D eigenvalue weighted by atomic mass is 9.82. The van der Waals surface area contributed by atoms with Crippen molar-refractivity contribution in [3.05, 3.63) is 42.2 Å². The highest BCUT2D eigenvalue weighted by atomic mass is 16.5. The fourth-order valence-electron chi connectivity index (χ4n) is 4.40. The van der Waals surface area contributed by atoms with Gasteiger partial charge in [-0.3, -0.25) is 9.59 Å². The van der Waals surface area contributed by atoms with E-state index < -0.39 is 5.54 Å². The summed E-state index contributed by atoms with van der Waals surface area (Å²) in [7, 11) is 0. The molecule has 1 aliphatic carbocycles. The molecule has 2 heterocycles. The molecule has 2 fully saturated rings. The van der Waals surface area contributed by atoms with Crippen molar-refractivity contribution in [1.29, 1.82) is 0 Å². The van der Waals surface area contributed by atoms with Crippen molar-refractivity contribution in [3.8, 4) is 11.3 Å². The van der Waals surface area contributed by atoms with Crippen molar-refractivity contribution in [2.24, 2.45) is 5.92 Å². The number of aromatic nitrogens is 1. The van der Waals surface area contributed by atoms with Crippen molar-refractivity contribution in [2.45, 2.75) is 64.0 Å². The number of rotatable bonds is 6. The maximum atomic E-state index is 13.3. The molecule has 2 aromatic rings. The Kier molecular flexibility index (Phi) is 5.43. The molecule has 0 bridgehead atoms. The lowest BCUT2D eigenvalue weighted by molar-refractivity contribution is -0.150. The highest BCUT2D eigenvalue weighted by Crippen LogP contribution is 2.38. The molecular formula is C23H29N3O3. The SMILES string of the molecule is CC(C)NC(=O)[C@@]1(Cc2cc(-c3ccccc3)no2)CCCN1C(=O)C1CCC1. The van der Waals surface area contributed by atoms with Crippen molar-refractivity contribution in [1.82, 2.24) is 15.4 Å². The molecule has 0 radical (unpaired) electrons. The third-order valence-electron chi connectivity index (χ3n) is 6.15. The summed E-state index contributed by atoms with van der Waals surface area (Å²) in [6, 6.07) is 11.7. The van der Waals surface area contributed by atoms with Crippen LogP contribution in [0.4, 0.5) is 0 Å². The molecule has 1 aromatic carbocycles. The van der Waals surface area contributed by atoms with Crippen LogP contribution in [0.2, 0.25) is 0 Å². The second-order valence-corrected chi connectivity index (χ2v) is 8.60. The highest BCUT2D eigenvalue weighted by Gasteiger charge is 2.52. The monoisotopic (exact) mass is 395 g/mol. The predicted octanol–water partition coefficient (Wildman–Crippen LogP) is 3.57. The number of amides is 2.